The van der Waals surface area contributed by atoms with Gasteiger partial charge in [-0.05, 0) is 47.4 Å². The largest absolute Gasteiger partial charge is 0.479 e. The zero-order valence-corrected chi connectivity index (χ0v) is 18.6. The molecule has 1 aliphatic heterocycles. The van der Waals surface area contributed by atoms with Gasteiger partial charge in [0, 0.05) is 19.0 Å². The van der Waals surface area contributed by atoms with Crippen molar-refractivity contribution in [1.82, 2.24) is 10.2 Å². The molecule has 1 unspecified atom stereocenters. The maximum absolute atomic E-state index is 13.0. The van der Waals surface area contributed by atoms with Crippen LogP contribution in [0.15, 0.2) is 48.5 Å². The van der Waals surface area contributed by atoms with Crippen LogP contribution >= 0.6 is 0 Å². The Labute approximate surface area is 192 Å². The van der Waals surface area contributed by atoms with Crippen LogP contribution in [0.3, 0.4) is 0 Å². The molecule has 2 aliphatic carbocycles. The molecule has 0 radical (unpaired) electrons. The number of carbonyl (C=O) groups is 3. The molecule has 2 amide bonds. The molecule has 2 aromatic rings. The number of benzene rings is 2. The number of nitrogens with one attached hydrogen (secondary N) is 1. The van der Waals surface area contributed by atoms with Crippen molar-refractivity contribution in [2.45, 2.75) is 37.6 Å². The SMILES string of the molecule is CC(CNC(=O)OCC1c2ccccc2-c2ccccc21)C(=O)N1CCC[C@H]2C[C@]21C(=O)O. The van der Waals surface area contributed by atoms with Gasteiger partial charge < -0.3 is 20.1 Å². The highest BCUT2D eigenvalue weighted by atomic mass is 16.5. The van der Waals surface area contributed by atoms with E-state index in [1.807, 2.05) is 24.3 Å². The van der Waals surface area contributed by atoms with Crippen molar-refractivity contribution in [2.24, 2.45) is 11.8 Å². The lowest BCUT2D eigenvalue weighted by molar-refractivity contribution is -0.156. The van der Waals surface area contributed by atoms with Crippen molar-refractivity contribution < 1.29 is 24.2 Å². The van der Waals surface area contributed by atoms with Gasteiger partial charge in [0.15, 0.2) is 0 Å². The Morgan fingerprint density at radius 1 is 1.12 bits per heavy atom. The van der Waals surface area contributed by atoms with Crippen LogP contribution in [0.1, 0.15) is 43.2 Å². The highest BCUT2D eigenvalue weighted by Gasteiger charge is 2.66. The van der Waals surface area contributed by atoms with E-state index >= 15 is 0 Å². The topological polar surface area (TPSA) is 95.9 Å². The van der Waals surface area contributed by atoms with Gasteiger partial charge in [-0.1, -0.05) is 55.5 Å². The van der Waals surface area contributed by atoms with Gasteiger partial charge >= 0.3 is 12.1 Å². The fourth-order valence-corrected chi connectivity index (χ4v) is 5.61. The van der Waals surface area contributed by atoms with Crippen LogP contribution in [-0.2, 0) is 14.3 Å². The molecular weight excluding hydrogens is 420 g/mol. The molecule has 0 bridgehead atoms. The van der Waals surface area contributed by atoms with Gasteiger partial charge in [0.2, 0.25) is 5.91 Å². The summed E-state index contributed by atoms with van der Waals surface area (Å²) < 4.78 is 5.53. The highest BCUT2D eigenvalue weighted by Crippen LogP contribution is 2.54. The first kappa shape index (κ1) is 21.5. The lowest BCUT2D eigenvalue weighted by Gasteiger charge is -2.35. The number of ether oxygens (including phenoxy) is 1. The molecule has 1 saturated heterocycles. The molecule has 2 fully saturated rings. The molecule has 1 saturated carbocycles. The summed E-state index contributed by atoms with van der Waals surface area (Å²) in [4.78, 5) is 38.7. The van der Waals surface area contributed by atoms with Crippen molar-refractivity contribution in [3.05, 3.63) is 59.7 Å². The molecule has 3 aliphatic rings. The number of nitrogens with zero attached hydrogens (tertiary/aromatic N) is 1. The zero-order chi connectivity index (χ0) is 23.2. The fourth-order valence-electron chi connectivity index (χ4n) is 5.61. The van der Waals surface area contributed by atoms with E-state index in [9.17, 15) is 19.5 Å². The molecule has 0 aromatic heterocycles. The number of rotatable bonds is 6. The third kappa shape index (κ3) is 3.56. The van der Waals surface area contributed by atoms with E-state index in [1.54, 1.807) is 6.92 Å². The zero-order valence-electron chi connectivity index (χ0n) is 18.6. The smallest absolute Gasteiger partial charge is 0.407 e. The summed E-state index contributed by atoms with van der Waals surface area (Å²) in [6, 6.07) is 16.3. The number of hydrogen-bond acceptors (Lipinski definition) is 4. The number of amides is 2. The van der Waals surface area contributed by atoms with Crippen LogP contribution in [0.25, 0.3) is 11.1 Å². The Morgan fingerprint density at radius 2 is 1.76 bits per heavy atom. The van der Waals surface area contributed by atoms with E-state index in [1.165, 1.54) is 4.90 Å². The molecule has 2 aromatic carbocycles. The van der Waals surface area contributed by atoms with E-state index < -0.39 is 23.5 Å². The maximum Gasteiger partial charge on any atom is 0.407 e. The summed E-state index contributed by atoms with van der Waals surface area (Å²) in [6.07, 6.45) is 1.62. The van der Waals surface area contributed by atoms with Crippen LogP contribution < -0.4 is 5.32 Å². The minimum absolute atomic E-state index is 0.0298. The van der Waals surface area contributed by atoms with Gasteiger partial charge in [0.25, 0.3) is 0 Å². The number of carboxylic acids is 1. The first-order valence-electron chi connectivity index (χ1n) is 11.6. The molecule has 3 atom stereocenters. The first-order valence-corrected chi connectivity index (χ1v) is 11.6. The predicted octanol–water partition coefficient (Wildman–Crippen LogP) is 3.63. The Morgan fingerprint density at radius 3 is 2.39 bits per heavy atom. The van der Waals surface area contributed by atoms with Gasteiger partial charge in [-0.25, -0.2) is 9.59 Å². The van der Waals surface area contributed by atoms with Gasteiger partial charge in [-0.2, -0.15) is 0 Å². The highest BCUT2D eigenvalue weighted by molar-refractivity contribution is 5.91. The Kier molecular flexibility index (Phi) is 5.35. The molecule has 0 spiro atoms. The lowest BCUT2D eigenvalue weighted by atomic mass is 9.98. The summed E-state index contributed by atoms with van der Waals surface area (Å²) in [7, 11) is 0. The number of hydrogen-bond donors (Lipinski definition) is 2. The summed E-state index contributed by atoms with van der Waals surface area (Å²) >= 11 is 0. The van der Waals surface area contributed by atoms with Crippen LogP contribution in [-0.4, -0.2) is 53.2 Å². The van der Waals surface area contributed by atoms with Gasteiger partial charge in [-0.15, -0.1) is 0 Å². The van der Waals surface area contributed by atoms with Crippen LogP contribution in [0.4, 0.5) is 4.79 Å². The number of likely N-dealkylation sites (tertiary alicyclic amines) is 1. The van der Waals surface area contributed by atoms with E-state index in [0.29, 0.717) is 13.0 Å². The quantitative estimate of drug-likeness (QED) is 0.704. The van der Waals surface area contributed by atoms with Gasteiger partial charge in [0.05, 0.1) is 5.92 Å². The van der Waals surface area contributed by atoms with Crippen LogP contribution in [0, 0.1) is 11.8 Å². The minimum atomic E-state index is -1.03. The second-order valence-electron chi connectivity index (χ2n) is 9.37. The van der Waals surface area contributed by atoms with Gasteiger partial charge in [-0.3, -0.25) is 4.79 Å². The lowest BCUT2D eigenvalue weighted by Crippen LogP contribution is -2.54. The molecule has 5 rings (SSSR count). The number of aliphatic carboxylic acids is 1. The molecule has 7 nitrogen and oxygen atoms in total. The molecular formula is C26H28N2O5. The van der Waals surface area contributed by atoms with Crippen LogP contribution in [0.5, 0.6) is 0 Å². The predicted molar refractivity (Wildman–Crippen MR) is 122 cm³/mol. The summed E-state index contributed by atoms with van der Waals surface area (Å²) in [6.45, 7) is 2.48. The number of carbonyl (C=O) groups excluding carboxylic acids is 2. The van der Waals surface area contributed by atoms with Crippen molar-refractivity contribution in [2.75, 3.05) is 19.7 Å². The third-order valence-electron chi connectivity index (χ3n) is 7.44. The summed E-state index contributed by atoms with van der Waals surface area (Å²) in [5, 5.41) is 12.4. The normalized spacial score (nSPS) is 23.7. The number of fused-ring (bicyclic) bond motifs is 4. The van der Waals surface area contributed by atoms with Crippen LogP contribution in [0.2, 0.25) is 0 Å². The van der Waals surface area contributed by atoms with E-state index in [-0.39, 0.29) is 30.9 Å². The maximum atomic E-state index is 13.0. The standard InChI is InChI=1S/C26H28N2O5/c1-16(23(29)28-12-6-7-17-13-26(17,28)24(30)31)14-27-25(32)33-15-22-20-10-4-2-8-18(20)19-9-3-5-11-21(19)22/h2-5,8-11,16-17,22H,6-7,12-15H2,1H3,(H,27,32)(H,30,31)/t16?,17-,26+/m0/s1. The van der Waals surface area contributed by atoms with E-state index in [2.05, 4.69) is 29.6 Å². The van der Waals surface area contributed by atoms with Gasteiger partial charge in [0.1, 0.15) is 12.1 Å². The van der Waals surface area contributed by atoms with Crippen molar-refractivity contribution in [1.29, 1.82) is 0 Å². The van der Waals surface area contributed by atoms with Crippen molar-refractivity contribution >= 4 is 18.0 Å². The Bertz CT molecular complexity index is 1070. The summed E-state index contributed by atoms with van der Waals surface area (Å²) in [5.41, 5.74) is 3.56. The second-order valence-corrected chi connectivity index (χ2v) is 9.37. The van der Waals surface area contributed by atoms with E-state index in [0.717, 1.165) is 35.1 Å². The first-order chi connectivity index (χ1) is 15.9. The Balaban J connectivity index is 1.17. The van der Waals surface area contributed by atoms with Crippen molar-refractivity contribution in [3.8, 4) is 11.1 Å². The number of alkyl carbamates (subject to hydrolysis) is 1. The molecule has 2 N–H and O–H groups in total. The minimum Gasteiger partial charge on any atom is -0.479 e. The third-order valence-corrected chi connectivity index (χ3v) is 7.44. The molecule has 33 heavy (non-hydrogen) atoms. The molecule has 7 heteroatoms. The monoisotopic (exact) mass is 448 g/mol. The average Bonchev–Trinajstić information content (AvgIpc) is 3.52. The number of piperidine rings is 1. The fraction of sp³-hybridized carbons (Fsp3) is 0.423. The van der Waals surface area contributed by atoms with E-state index in [4.69, 9.17) is 4.74 Å². The summed E-state index contributed by atoms with van der Waals surface area (Å²) in [5.74, 6) is -1.65. The molecule has 1 heterocycles. The second kappa shape index (κ2) is 8.21. The molecule has 172 valence electrons. The Hall–Kier alpha value is -3.35. The van der Waals surface area contributed by atoms with Crippen molar-refractivity contribution in [3.63, 3.8) is 0 Å². The number of carboxylic acid groups (broad SMARTS) is 1. The average molecular weight is 449 g/mol.